The number of rotatable bonds is 2. The van der Waals surface area contributed by atoms with Crippen LogP contribution in [0.5, 0.6) is 0 Å². The van der Waals surface area contributed by atoms with E-state index in [0.29, 0.717) is 11.8 Å². The Balaban J connectivity index is 2.12. The van der Waals surface area contributed by atoms with Crippen molar-refractivity contribution in [3.8, 4) is 0 Å². The van der Waals surface area contributed by atoms with Crippen LogP contribution in [0.3, 0.4) is 0 Å². The van der Waals surface area contributed by atoms with Crippen LogP contribution in [-0.2, 0) is 0 Å². The summed E-state index contributed by atoms with van der Waals surface area (Å²) in [6.07, 6.45) is 1.79. The van der Waals surface area contributed by atoms with E-state index >= 15 is 0 Å². The first kappa shape index (κ1) is 10.0. The second-order valence-electron chi connectivity index (χ2n) is 3.97. The molecule has 75 valence electrons. The van der Waals surface area contributed by atoms with E-state index in [0.717, 1.165) is 17.9 Å². The Morgan fingerprint density at radius 1 is 1.29 bits per heavy atom. The van der Waals surface area contributed by atoms with Crippen LogP contribution in [0.2, 0.25) is 5.02 Å². The second-order valence-corrected chi connectivity index (χ2v) is 4.40. The first-order chi connectivity index (χ1) is 6.68. The van der Waals surface area contributed by atoms with Gasteiger partial charge < -0.3 is 5.11 Å². The molecule has 1 nitrogen and oxygen atoms in total. The van der Waals surface area contributed by atoms with E-state index in [1.807, 2.05) is 24.3 Å². The van der Waals surface area contributed by atoms with Crippen molar-refractivity contribution in [1.82, 2.24) is 0 Å². The molecule has 1 fully saturated rings. The smallest absolute Gasteiger partial charge is 0.0575 e. The molecule has 1 aliphatic carbocycles. The van der Waals surface area contributed by atoms with Crippen LogP contribution in [0, 0.1) is 12.8 Å². The molecule has 1 aromatic carbocycles. The summed E-state index contributed by atoms with van der Waals surface area (Å²) in [7, 11) is 0. The fourth-order valence-corrected chi connectivity index (χ4v) is 2.24. The van der Waals surface area contributed by atoms with E-state index in [1.165, 1.54) is 5.56 Å². The Bertz CT molecular complexity index is 305. The largest absolute Gasteiger partial charge is 0.393 e. The molecule has 1 saturated carbocycles. The summed E-state index contributed by atoms with van der Waals surface area (Å²) in [5.74, 6) is 0.802. The number of halogens is 1. The molecule has 0 saturated heterocycles. The average molecular weight is 210 g/mol. The number of hydrogen-bond donors (Lipinski definition) is 1. The lowest BCUT2D eigenvalue weighted by atomic mass is 9.68. The molecule has 1 aromatic rings. The third kappa shape index (κ3) is 1.79. The van der Waals surface area contributed by atoms with Crippen molar-refractivity contribution in [2.24, 2.45) is 5.92 Å². The molecule has 0 aliphatic heterocycles. The SMILES string of the molecule is [CH2]C(O)C1CCC1c1ccc(Cl)cc1. The molecular weight excluding hydrogens is 196 g/mol. The van der Waals surface area contributed by atoms with Crippen LogP contribution in [0.1, 0.15) is 24.3 Å². The maximum absolute atomic E-state index is 9.42. The Morgan fingerprint density at radius 2 is 1.93 bits per heavy atom. The minimum absolute atomic E-state index is 0.330. The molecule has 0 bridgehead atoms. The summed E-state index contributed by atoms with van der Waals surface area (Å²) in [6.45, 7) is 3.68. The van der Waals surface area contributed by atoms with Gasteiger partial charge in [0, 0.05) is 5.02 Å². The number of hydrogen-bond acceptors (Lipinski definition) is 1. The van der Waals surface area contributed by atoms with Crippen LogP contribution < -0.4 is 0 Å². The molecule has 0 spiro atoms. The highest BCUT2D eigenvalue weighted by atomic mass is 35.5. The van der Waals surface area contributed by atoms with Crippen LogP contribution in [0.15, 0.2) is 24.3 Å². The molecule has 2 rings (SSSR count). The molecule has 2 heteroatoms. The highest BCUT2D eigenvalue weighted by Gasteiger charge is 2.34. The maximum Gasteiger partial charge on any atom is 0.0575 e. The molecule has 1 radical (unpaired) electrons. The van der Waals surface area contributed by atoms with E-state index in [2.05, 4.69) is 6.92 Å². The number of benzene rings is 1. The van der Waals surface area contributed by atoms with Gasteiger partial charge in [0.25, 0.3) is 0 Å². The van der Waals surface area contributed by atoms with E-state index < -0.39 is 6.10 Å². The van der Waals surface area contributed by atoms with Gasteiger partial charge in [-0.3, -0.25) is 0 Å². The van der Waals surface area contributed by atoms with Gasteiger partial charge in [-0.15, -0.1) is 0 Å². The molecule has 3 atom stereocenters. The summed E-state index contributed by atoms with van der Waals surface area (Å²) in [6, 6.07) is 7.90. The molecule has 14 heavy (non-hydrogen) atoms. The highest BCUT2D eigenvalue weighted by molar-refractivity contribution is 6.30. The van der Waals surface area contributed by atoms with Gasteiger partial charge in [0.05, 0.1) is 6.10 Å². The predicted octanol–water partition coefficient (Wildman–Crippen LogP) is 3.03. The third-order valence-electron chi connectivity index (χ3n) is 3.12. The maximum atomic E-state index is 9.42. The summed E-state index contributed by atoms with van der Waals surface area (Å²) in [5.41, 5.74) is 1.27. The lowest BCUT2D eigenvalue weighted by Crippen LogP contribution is -2.32. The van der Waals surface area contributed by atoms with Gasteiger partial charge in [-0.2, -0.15) is 0 Å². The average Bonchev–Trinajstić information content (AvgIpc) is 2.05. The van der Waals surface area contributed by atoms with Crippen molar-refractivity contribution in [3.05, 3.63) is 41.8 Å². The minimum atomic E-state index is -0.440. The Labute approximate surface area is 89.7 Å². The molecule has 3 unspecified atom stereocenters. The Morgan fingerprint density at radius 3 is 2.36 bits per heavy atom. The van der Waals surface area contributed by atoms with Crippen molar-refractivity contribution in [2.75, 3.05) is 0 Å². The standard InChI is InChI=1S/C12H14ClO/c1-8(14)11-6-7-12(11)9-2-4-10(13)5-3-9/h2-5,8,11-12,14H,1,6-7H2. The van der Waals surface area contributed by atoms with Crippen molar-refractivity contribution in [1.29, 1.82) is 0 Å². The van der Waals surface area contributed by atoms with Gasteiger partial charge >= 0.3 is 0 Å². The normalized spacial score (nSPS) is 28.2. The topological polar surface area (TPSA) is 20.2 Å². The molecular formula is C12H14ClO. The van der Waals surface area contributed by atoms with E-state index in [1.54, 1.807) is 0 Å². The molecule has 1 aliphatic rings. The van der Waals surface area contributed by atoms with Crippen molar-refractivity contribution in [3.63, 3.8) is 0 Å². The lowest BCUT2D eigenvalue weighted by molar-refractivity contribution is 0.0765. The first-order valence-corrected chi connectivity index (χ1v) is 5.33. The molecule has 0 amide bonds. The second kappa shape index (κ2) is 3.92. The Hall–Kier alpha value is -0.530. The first-order valence-electron chi connectivity index (χ1n) is 4.95. The quantitative estimate of drug-likeness (QED) is 0.794. The molecule has 1 N–H and O–H groups in total. The predicted molar refractivity (Wildman–Crippen MR) is 58.3 cm³/mol. The number of aliphatic hydroxyl groups is 1. The zero-order chi connectivity index (χ0) is 10.1. The zero-order valence-electron chi connectivity index (χ0n) is 7.99. The van der Waals surface area contributed by atoms with Gasteiger partial charge in [-0.05, 0) is 49.3 Å². The van der Waals surface area contributed by atoms with Gasteiger partial charge in [0.2, 0.25) is 0 Å². The summed E-state index contributed by atoms with van der Waals surface area (Å²) >= 11 is 5.81. The van der Waals surface area contributed by atoms with Gasteiger partial charge in [-0.25, -0.2) is 0 Å². The summed E-state index contributed by atoms with van der Waals surface area (Å²) < 4.78 is 0. The van der Waals surface area contributed by atoms with E-state index in [-0.39, 0.29) is 0 Å². The fraction of sp³-hybridized carbons (Fsp3) is 0.417. The van der Waals surface area contributed by atoms with Gasteiger partial charge in [-0.1, -0.05) is 23.7 Å². The highest BCUT2D eigenvalue weighted by Crippen LogP contribution is 2.44. The van der Waals surface area contributed by atoms with E-state index in [4.69, 9.17) is 11.6 Å². The monoisotopic (exact) mass is 209 g/mol. The Kier molecular flexibility index (Phi) is 2.80. The number of aliphatic hydroxyl groups excluding tert-OH is 1. The third-order valence-corrected chi connectivity index (χ3v) is 3.37. The van der Waals surface area contributed by atoms with Gasteiger partial charge in [0.1, 0.15) is 0 Å². The molecule has 0 heterocycles. The van der Waals surface area contributed by atoms with Gasteiger partial charge in [0.15, 0.2) is 0 Å². The van der Waals surface area contributed by atoms with Crippen LogP contribution in [0.4, 0.5) is 0 Å². The zero-order valence-corrected chi connectivity index (χ0v) is 8.74. The lowest BCUT2D eigenvalue weighted by Gasteiger charge is -2.39. The fourth-order valence-electron chi connectivity index (χ4n) is 2.11. The van der Waals surface area contributed by atoms with Crippen LogP contribution in [-0.4, -0.2) is 11.2 Å². The summed E-state index contributed by atoms with van der Waals surface area (Å²) in [5, 5.41) is 10.2. The molecule has 0 aromatic heterocycles. The minimum Gasteiger partial charge on any atom is -0.393 e. The summed E-state index contributed by atoms with van der Waals surface area (Å²) in [4.78, 5) is 0. The van der Waals surface area contributed by atoms with Crippen LogP contribution >= 0.6 is 11.6 Å². The van der Waals surface area contributed by atoms with Crippen molar-refractivity contribution < 1.29 is 5.11 Å². The van der Waals surface area contributed by atoms with Crippen molar-refractivity contribution >= 4 is 11.6 Å². The van der Waals surface area contributed by atoms with Crippen molar-refractivity contribution in [2.45, 2.75) is 24.9 Å². The van der Waals surface area contributed by atoms with E-state index in [9.17, 15) is 5.11 Å². The van der Waals surface area contributed by atoms with Crippen LogP contribution in [0.25, 0.3) is 0 Å².